The fourth-order valence-electron chi connectivity index (χ4n) is 2.97. The molecule has 0 spiro atoms. The first-order valence-corrected chi connectivity index (χ1v) is 7.36. The van der Waals surface area contributed by atoms with Gasteiger partial charge >= 0.3 is 0 Å². The molecule has 18 heavy (non-hydrogen) atoms. The summed E-state index contributed by atoms with van der Waals surface area (Å²) in [6.07, 6.45) is 6.11. The van der Waals surface area contributed by atoms with Gasteiger partial charge in [-0.1, -0.05) is 6.92 Å². The van der Waals surface area contributed by atoms with Crippen LogP contribution in [0.25, 0.3) is 0 Å². The summed E-state index contributed by atoms with van der Waals surface area (Å²) in [6, 6.07) is 0.310. The van der Waals surface area contributed by atoms with E-state index in [2.05, 4.69) is 6.92 Å². The van der Waals surface area contributed by atoms with E-state index in [1.807, 2.05) is 4.90 Å². The molecule has 4 nitrogen and oxygen atoms in total. The minimum atomic E-state index is 0.209. The maximum Gasteiger partial charge on any atom is 0.225 e. The fraction of sp³-hybridized carbons (Fsp3) is 0.929. The molecule has 0 radical (unpaired) electrons. The van der Waals surface area contributed by atoms with Gasteiger partial charge in [0.15, 0.2) is 0 Å². The van der Waals surface area contributed by atoms with Crippen LogP contribution >= 0.6 is 0 Å². The van der Waals surface area contributed by atoms with E-state index in [-0.39, 0.29) is 12.0 Å². The predicted molar refractivity (Wildman–Crippen MR) is 71.2 cm³/mol. The highest BCUT2D eigenvalue weighted by Gasteiger charge is 2.30. The summed E-state index contributed by atoms with van der Waals surface area (Å²) in [5.41, 5.74) is 5.90. The molecule has 1 atom stereocenters. The highest BCUT2D eigenvalue weighted by Crippen LogP contribution is 2.25. The molecule has 1 aliphatic heterocycles. The summed E-state index contributed by atoms with van der Waals surface area (Å²) >= 11 is 0. The van der Waals surface area contributed by atoms with Crippen molar-refractivity contribution in [3.8, 4) is 0 Å². The number of carbonyl (C=O) groups excluding carboxylic acids is 1. The smallest absolute Gasteiger partial charge is 0.225 e. The molecule has 2 aliphatic rings. The number of amides is 1. The summed E-state index contributed by atoms with van der Waals surface area (Å²) in [5.74, 6) is 0.547. The molecular formula is C14H26N2O2. The van der Waals surface area contributed by atoms with Crippen molar-refractivity contribution in [1.29, 1.82) is 0 Å². The second-order valence-corrected chi connectivity index (χ2v) is 5.65. The molecule has 1 heterocycles. The number of nitrogens with two attached hydrogens (primary N) is 1. The van der Waals surface area contributed by atoms with Crippen molar-refractivity contribution < 1.29 is 9.53 Å². The van der Waals surface area contributed by atoms with Gasteiger partial charge in [-0.2, -0.15) is 0 Å². The summed E-state index contributed by atoms with van der Waals surface area (Å²) in [4.78, 5) is 14.5. The summed E-state index contributed by atoms with van der Waals surface area (Å²) in [6.45, 7) is 4.55. The first-order valence-electron chi connectivity index (χ1n) is 7.36. The fourth-order valence-corrected chi connectivity index (χ4v) is 2.97. The molecule has 2 N–H and O–H groups in total. The molecule has 0 bridgehead atoms. The largest absolute Gasteiger partial charge is 0.376 e. The first-order chi connectivity index (χ1) is 8.70. The van der Waals surface area contributed by atoms with Crippen molar-refractivity contribution >= 4 is 5.91 Å². The van der Waals surface area contributed by atoms with Crippen molar-refractivity contribution in [3.63, 3.8) is 0 Å². The van der Waals surface area contributed by atoms with Crippen LogP contribution in [0.5, 0.6) is 0 Å². The van der Waals surface area contributed by atoms with Crippen LogP contribution in [0.2, 0.25) is 0 Å². The zero-order chi connectivity index (χ0) is 13.0. The molecule has 1 saturated carbocycles. The molecular weight excluding hydrogens is 228 g/mol. The predicted octanol–water partition coefficient (Wildman–Crippen LogP) is 1.53. The lowest BCUT2D eigenvalue weighted by atomic mass is 9.85. The van der Waals surface area contributed by atoms with Gasteiger partial charge in [0, 0.05) is 31.7 Å². The highest BCUT2D eigenvalue weighted by molar-refractivity contribution is 5.79. The second kappa shape index (κ2) is 6.53. The zero-order valence-corrected chi connectivity index (χ0v) is 11.4. The number of nitrogens with zero attached hydrogens (tertiary/aromatic N) is 1. The maximum absolute atomic E-state index is 12.5. The van der Waals surface area contributed by atoms with Gasteiger partial charge in [0.2, 0.25) is 5.91 Å². The topological polar surface area (TPSA) is 55.6 Å². The monoisotopic (exact) mass is 254 g/mol. The average molecular weight is 254 g/mol. The Bertz CT molecular complexity index is 275. The van der Waals surface area contributed by atoms with E-state index in [0.29, 0.717) is 11.9 Å². The molecule has 2 rings (SSSR count). The van der Waals surface area contributed by atoms with E-state index in [1.165, 1.54) is 0 Å². The van der Waals surface area contributed by atoms with Crippen LogP contribution < -0.4 is 5.73 Å². The van der Waals surface area contributed by atoms with Crippen molar-refractivity contribution in [1.82, 2.24) is 4.90 Å². The van der Waals surface area contributed by atoms with E-state index >= 15 is 0 Å². The molecule has 2 fully saturated rings. The first kappa shape index (κ1) is 13.8. The molecule has 4 heteroatoms. The Hall–Kier alpha value is -0.610. The Balaban J connectivity index is 1.90. The Morgan fingerprint density at radius 2 is 2.06 bits per heavy atom. The third-order valence-corrected chi connectivity index (χ3v) is 4.24. The van der Waals surface area contributed by atoms with Gasteiger partial charge < -0.3 is 15.4 Å². The van der Waals surface area contributed by atoms with Crippen LogP contribution in [-0.4, -0.2) is 42.6 Å². The molecule has 1 aliphatic carbocycles. The number of hydrogen-bond donors (Lipinski definition) is 1. The second-order valence-electron chi connectivity index (χ2n) is 5.65. The van der Waals surface area contributed by atoms with Crippen LogP contribution in [0.15, 0.2) is 0 Å². The standard InChI is InChI=1S/C14H26N2O2/c1-2-13-10-16(8-3-9-18-13)14(17)11-4-6-12(15)7-5-11/h11-13H,2-10,15H2,1H3. The lowest BCUT2D eigenvalue weighted by Gasteiger charge is -2.31. The SMILES string of the molecule is CCC1CN(C(=O)C2CCC(N)CC2)CCCO1. The van der Waals surface area contributed by atoms with Crippen LogP contribution in [0, 0.1) is 5.92 Å². The van der Waals surface area contributed by atoms with Crippen molar-refractivity contribution in [3.05, 3.63) is 0 Å². The van der Waals surface area contributed by atoms with Gasteiger partial charge in [-0.3, -0.25) is 4.79 Å². The molecule has 0 aromatic heterocycles. The minimum absolute atomic E-state index is 0.209. The van der Waals surface area contributed by atoms with Crippen molar-refractivity contribution in [2.45, 2.75) is 57.6 Å². The normalized spacial score (nSPS) is 34.1. The third-order valence-electron chi connectivity index (χ3n) is 4.24. The molecule has 0 aromatic rings. The van der Waals surface area contributed by atoms with E-state index in [1.54, 1.807) is 0 Å². The van der Waals surface area contributed by atoms with Crippen LogP contribution in [0.4, 0.5) is 0 Å². The quantitative estimate of drug-likeness (QED) is 0.813. The Morgan fingerprint density at radius 3 is 2.72 bits per heavy atom. The van der Waals surface area contributed by atoms with Gasteiger partial charge in [0.1, 0.15) is 0 Å². The Morgan fingerprint density at radius 1 is 1.33 bits per heavy atom. The Labute approximate surface area is 110 Å². The third kappa shape index (κ3) is 3.45. The van der Waals surface area contributed by atoms with Gasteiger partial charge in [-0.15, -0.1) is 0 Å². The minimum Gasteiger partial charge on any atom is -0.376 e. The van der Waals surface area contributed by atoms with Gasteiger partial charge in [-0.25, -0.2) is 0 Å². The number of carbonyl (C=O) groups is 1. The van der Waals surface area contributed by atoms with Crippen LogP contribution in [0.3, 0.4) is 0 Å². The highest BCUT2D eigenvalue weighted by atomic mass is 16.5. The van der Waals surface area contributed by atoms with Crippen LogP contribution in [-0.2, 0) is 9.53 Å². The molecule has 1 saturated heterocycles. The number of ether oxygens (including phenoxy) is 1. The van der Waals surface area contributed by atoms with E-state index < -0.39 is 0 Å². The van der Waals surface area contributed by atoms with E-state index in [4.69, 9.17) is 10.5 Å². The maximum atomic E-state index is 12.5. The molecule has 1 unspecified atom stereocenters. The van der Waals surface area contributed by atoms with Crippen LogP contribution in [0.1, 0.15) is 45.4 Å². The summed E-state index contributed by atoms with van der Waals surface area (Å²) < 4.78 is 5.72. The number of rotatable bonds is 2. The average Bonchev–Trinajstić information content (AvgIpc) is 2.64. The molecule has 104 valence electrons. The lowest BCUT2D eigenvalue weighted by Crippen LogP contribution is -2.42. The summed E-state index contributed by atoms with van der Waals surface area (Å²) in [7, 11) is 0. The lowest BCUT2D eigenvalue weighted by molar-refractivity contribution is -0.137. The van der Waals surface area contributed by atoms with Gasteiger partial charge in [0.05, 0.1) is 6.10 Å². The Kier molecular flexibility index (Phi) is 5.01. The van der Waals surface area contributed by atoms with Gasteiger partial charge in [-0.05, 0) is 38.5 Å². The zero-order valence-electron chi connectivity index (χ0n) is 11.4. The van der Waals surface area contributed by atoms with Crippen molar-refractivity contribution in [2.24, 2.45) is 11.7 Å². The van der Waals surface area contributed by atoms with Gasteiger partial charge in [0.25, 0.3) is 0 Å². The van der Waals surface area contributed by atoms with E-state index in [9.17, 15) is 4.79 Å². The summed E-state index contributed by atoms with van der Waals surface area (Å²) in [5, 5.41) is 0. The molecule has 0 aromatic carbocycles. The molecule has 1 amide bonds. The van der Waals surface area contributed by atoms with E-state index in [0.717, 1.165) is 58.2 Å². The number of hydrogen-bond acceptors (Lipinski definition) is 3. The van der Waals surface area contributed by atoms with Crippen molar-refractivity contribution in [2.75, 3.05) is 19.7 Å².